The standard InChI is InChI=1S/C36H52O8/c1-20(32(40)41)11-13-28(42-22(3)37)21(2)27-19-31(44-24(5)39)36(10)26-12-14-29-33(6,7)30(43-23(4)38)16-17-34(29,8)25(26)15-18-35(27,36)9/h11-12,15,21,27-31H,13-14,16-19H2,1-10H3,(H,40,41)/b20-11+/t21-,27+,28-,29-,30-,31-,34+,35+,36+/m0/s1. The normalized spacial score (nSPS) is 37.2. The van der Waals surface area contributed by atoms with Crippen molar-refractivity contribution in [3.05, 3.63) is 34.9 Å². The number of hydrogen-bond acceptors (Lipinski definition) is 7. The van der Waals surface area contributed by atoms with Gasteiger partial charge in [-0.2, -0.15) is 0 Å². The molecule has 4 aliphatic carbocycles. The average Bonchev–Trinajstić information content (AvgIpc) is 3.13. The van der Waals surface area contributed by atoms with Crippen LogP contribution in [0.1, 0.15) is 108 Å². The highest BCUT2D eigenvalue weighted by molar-refractivity contribution is 5.85. The first-order valence-electron chi connectivity index (χ1n) is 16.1. The number of hydrogen-bond donors (Lipinski definition) is 1. The van der Waals surface area contributed by atoms with E-state index in [9.17, 15) is 24.3 Å². The van der Waals surface area contributed by atoms with Gasteiger partial charge in [-0.3, -0.25) is 14.4 Å². The quantitative estimate of drug-likeness (QED) is 0.177. The molecule has 244 valence electrons. The fourth-order valence-corrected chi connectivity index (χ4v) is 9.83. The third kappa shape index (κ3) is 5.44. The molecular weight excluding hydrogens is 560 g/mol. The van der Waals surface area contributed by atoms with Crippen LogP contribution in [0.15, 0.2) is 34.9 Å². The fraction of sp³-hybridized carbons (Fsp3) is 0.722. The molecule has 0 unspecified atom stereocenters. The van der Waals surface area contributed by atoms with Crippen LogP contribution in [-0.4, -0.2) is 47.3 Å². The van der Waals surface area contributed by atoms with Gasteiger partial charge in [-0.1, -0.05) is 59.8 Å². The van der Waals surface area contributed by atoms with Gasteiger partial charge in [-0.15, -0.1) is 0 Å². The minimum atomic E-state index is -0.999. The molecule has 0 radical (unpaired) electrons. The van der Waals surface area contributed by atoms with Crippen LogP contribution in [0.5, 0.6) is 0 Å². The first kappa shape index (κ1) is 34.0. The third-order valence-electron chi connectivity index (χ3n) is 12.4. The van der Waals surface area contributed by atoms with E-state index in [1.807, 2.05) is 0 Å². The monoisotopic (exact) mass is 612 g/mol. The number of allylic oxidation sites excluding steroid dienone is 3. The highest BCUT2D eigenvalue weighted by Gasteiger charge is 2.68. The Hall–Kier alpha value is -2.90. The van der Waals surface area contributed by atoms with Crippen molar-refractivity contribution in [1.82, 2.24) is 0 Å². The Morgan fingerprint density at radius 1 is 0.932 bits per heavy atom. The number of esters is 3. The van der Waals surface area contributed by atoms with Gasteiger partial charge in [-0.05, 0) is 78.8 Å². The molecule has 1 N–H and O–H groups in total. The van der Waals surface area contributed by atoms with E-state index in [1.54, 1.807) is 13.0 Å². The number of carbonyl (C=O) groups is 4. The topological polar surface area (TPSA) is 116 Å². The number of ether oxygens (including phenoxy) is 3. The zero-order valence-corrected chi connectivity index (χ0v) is 28.2. The van der Waals surface area contributed by atoms with Crippen molar-refractivity contribution in [3.63, 3.8) is 0 Å². The molecule has 0 aliphatic heterocycles. The molecule has 0 bridgehead atoms. The first-order valence-corrected chi connectivity index (χ1v) is 16.1. The van der Waals surface area contributed by atoms with Crippen molar-refractivity contribution in [2.45, 2.75) is 126 Å². The number of rotatable bonds is 8. The lowest BCUT2D eigenvalue weighted by Gasteiger charge is -2.61. The maximum absolute atomic E-state index is 12.5. The molecule has 44 heavy (non-hydrogen) atoms. The van der Waals surface area contributed by atoms with Gasteiger partial charge >= 0.3 is 23.9 Å². The van der Waals surface area contributed by atoms with Crippen LogP contribution in [-0.2, 0) is 33.4 Å². The van der Waals surface area contributed by atoms with Crippen molar-refractivity contribution < 1.29 is 38.5 Å². The summed E-state index contributed by atoms with van der Waals surface area (Å²) < 4.78 is 17.8. The van der Waals surface area contributed by atoms with Crippen LogP contribution < -0.4 is 0 Å². The predicted octanol–water partition coefficient (Wildman–Crippen LogP) is 6.97. The molecule has 0 spiro atoms. The summed E-state index contributed by atoms with van der Waals surface area (Å²) in [6.45, 7) is 19.3. The summed E-state index contributed by atoms with van der Waals surface area (Å²) in [4.78, 5) is 48.2. The molecule has 0 amide bonds. The Bertz CT molecular complexity index is 1300. The van der Waals surface area contributed by atoms with Crippen LogP contribution in [0.3, 0.4) is 0 Å². The van der Waals surface area contributed by atoms with E-state index in [0.29, 0.717) is 12.8 Å². The number of carboxylic acid groups (broad SMARTS) is 1. The molecule has 4 rings (SSSR count). The van der Waals surface area contributed by atoms with E-state index >= 15 is 0 Å². The molecule has 8 heteroatoms. The van der Waals surface area contributed by atoms with Crippen molar-refractivity contribution in [1.29, 1.82) is 0 Å². The second-order valence-electron chi connectivity index (χ2n) is 15.1. The predicted molar refractivity (Wildman–Crippen MR) is 166 cm³/mol. The number of aliphatic carboxylic acids is 1. The summed E-state index contributed by atoms with van der Waals surface area (Å²) in [7, 11) is 0. The summed E-state index contributed by atoms with van der Waals surface area (Å²) >= 11 is 0. The van der Waals surface area contributed by atoms with Crippen LogP contribution in [0.25, 0.3) is 0 Å². The first-order chi connectivity index (χ1) is 20.3. The van der Waals surface area contributed by atoms with Crippen molar-refractivity contribution in [3.8, 4) is 0 Å². The van der Waals surface area contributed by atoms with Crippen molar-refractivity contribution in [2.24, 2.45) is 39.4 Å². The van der Waals surface area contributed by atoms with Gasteiger partial charge in [0.1, 0.15) is 18.3 Å². The lowest BCUT2D eigenvalue weighted by molar-refractivity contribution is -0.166. The van der Waals surface area contributed by atoms with Crippen molar-refractivity contribution >= 4 is 23.9 Å². The molecule has 0 heterocycles. The maximum atomic E-state index is 12.5. The second-order valence-corrected chi connectivity index (χ2v) is 15.1. The van der Waals surface area contributed by atoms with Gasteiger partial charge in [0.2, 0.25) is 0 Å². The molecule has 2 fully saturated rings. The number of carboxylic acids is 1. The molecular formula is C36H52O8. The van der Waals surface area contributed by atoms with E-state index in [0.717, 1.165) is 25.7 Å². The summed E-state index contributed by atoms with van der Waals surface area (Å²) in [6, 6.07) is 0. The van der Waals surface area contributed by atoms with E-state index in [2.05, 4.69) is 53.7 Å². The Morgan fingerprint density at radius 2 is 1.55 bits per heavy atom. The van der Waals surface area contributed by atoms with Gasteiger partial charge in [0.05, 0.1) is 0 Å². The molecule has 4 aliphatic rings. The molecule has 2 saturated carbocycles. The van der Waals surface area contributed by atoms with Crippen LogP contribution >= 0.6 is 0 Å². The summed E-state index contributed by atoms with van der Waals surface area (Å²) in [5.74, 6) is -1.78. The second kappa shape index (κ2) is 11.8. The van der Waals surface area contributed by atoms with E-state index in [1.165, 1.54) is 31.9 Å². The summed E-state index contributed by atoms with van der Waals surface area (Å²) in [6.07, 6.45) is 9.58. The molecule has 0 aromatic heterocycles. The smallest absolute Gasteiger partial charge is 0.330 e. The molecule has 0 saturated heterocycles. The molecule has 0 aromatic rings. The van der Waals surface area contributed by atoms with Gasteiger partial charge in [-0.25, -0.2) is 4.79 Å². The van der Waals surface area contributed by atoms with Crippen molar-refractivity contribution in [2.75, 3.05) is 0 Å². The SMILES string of the molecule is CC(=O)O[C@@H](C/C=C(\C)C(=O)O)[C@@H](C)[C@H]1C[C@H](OC(C)=O)[C@@]2(C)C3=CC[C@H]4C(C)(C)[C@@H](OC(C)=O)CC[C@]4(C)C3=CC[C@]12C. The highest BCUT2D eigenvalue weighted by Crippen LogP contribution is 2.72. The van der Waals surface area contributed by atoms with E-state index < -0.39 is 23.5 Å². The summed E-state index contributed by atoms with van der Waals surface area (Å²) in [5, 5.41) is 9.41. The largest absolute Gasteiger partial charge is 0.478 e. The minimum absolute atomic E-state index is 0.0279. The Balaban J connectivity index is 1.78. The molecule has 0 aromatic carbocycles. The highest BCUT2D eigenvalue weighted by atomic mass is 16.6. The molecule has 9 atom stereocenters. The van der Waals surface area contributed by atoms with Gasteiger partial charge < -0.3 is 19.3 Å². The van der Waals surface area contributed by atoms with Crippen LogP contribution in [0, 0.1) is 39.4 Å². The maximum Gasteiger partial charge on any atom is 0.330 e. The van der Waals surface area contributed by atoms with Gasteiger partial charge in [0, 0.05) is 43.6 Å². The number of carbonyl (C=O) groups excluding carboxylic acids is 3. The zero-order valence-electron chi connectivity index (χ0n) is 28.2. The Labute approximate surface area is 262 Å². The Morgan fingerprint density at radius 3 is 2.11 bits per heavy atom. The third-order valence-corrected chi connectivity index (χ3v) is 12.4. The molecule has 8 nitrogen and oxygen atoms in total. The van der Waals surface area contributed by atoms with Gasteiger partial charge in [0.25, 0.3) is 0 Å². The summed E-state index contributed by atoms with van der Waals surface area (Å²) in [5.41, 5.74) is 1.63. The van der Waals surface area contributed by atoms with E-state index in [-0.39, 0.29) is 63.7 Å². The van der Waals surface area contributed by atoms with E-state index in [4.69, 9.17) is 14.2 Å². The lowest BCUT2D eigenvalue weighted by Crippen LogP contribution is -2.56. The van der Waals surface area contributed by atoms with Crippen LogP contribution in [0.4, 0.5) is 0 Å². The minimum Gasteiger partial charge on any atom is -0.478 e. The lowest BCUT2D eigenvalue weighted by atomic mass is 9.44. The Kier molecular flexibility index (Phi) is 9.11. The van der Waals surface area contributed by atoms with Gasteiger partial charge in [0.15, 0.2) is 0 Å². The van der Waals surface area contributed by atoms with Crippen LogP contribution in [0.2, 0.25) is 0 Å². The number of fused-ring (bicyclic) bond motifs is 5. The zero-order chi connectivity index (χ0) is 33.0. The fourth-order valence-electron chi connectivity index (χ4n) is 9.83. The average molecular weight is 613 g/mol.